The number of benzene rings is 3. The third kappa shape index (κ3) is 7.28. The molecule has 0 bridgehead atoms. The molecule has 40 heavy (non-hydrogen) atoms. The van der Waals surface area contributed by atoms with Crippen LogP contribution in [0.3, 0.4) is 0 Å². The molecule has 0 spiro atoms. The zero-order valence-electron chi connectivity index (χ0n) is 22.7. The van der Waals surface area contributed by atoms with Gasteiger partial charge in [-0.3, -0.25) is 14.4 Å². The standard InChI is InChI=1S/C30H34N4O6/c1-30(2,3)40-29(39)33-24(17-25(31)36)28(38)34(22-12-13-22)26(19-9-14-23(35)15-10-19)27(37)32-21-11-8-18-6-4-5-7-20(18)16-21/h4-11,14-16,22,24,26,35H,12-13,17H2,1-3H3,(H2,31,36)(H,32,37)(H,33,39). The summed E-state index contributed by atoms with van der Waals surface area (Å²) in [4.78, 5) is 53.7. The van der Waals surface area contributed by atoms with E-state index in [1.165, 1.54) is 17.0 Å². The summed E-state index contributed by atoms with van der Waals surface area (Å²) >= 11 is 0. The topological polar surface area (TPSA) is 151 Å². The number of hydrogen-bond donors (Lipinski definition) is 4. The molecular formula is C30H34N4O6. The van der Waals surface area contributed by atoms with Gasteiger partial charge in [-0.1, -0.05) is 42.5 Å². The van der Waals surface area contributed by atoms with E-state index in [0.717, 1.165) is 10.8 Å². The molecule has 1 aliphatic carbocycles. The Morgan fingerprint density at radius 3 is 2.25 bits per heavy atom. The number of phenols is 1. The molecule has 1 saturated carbocycles. The van der Waals surface area contributed by atoms with Crippen molar-refractivity contribution in [3.8, 4) is 5.75 Å². The Kier molecular flexibility index (Phi) is 8.27. The minimum Gasteiger partial charge on any atom is -0.508 e. The smallest absolute Gasteiger partial charge is 0.408 e. The molecule has 1 fully saturated rings. The maximum Gasteiger partial charge on any atom is 0.408 e. The first-order chi connectivity index (χ1) is 18.9. The molecule has 0 aliphatic heterocycles. The van der Waals surface area contributed by atoms with E-state index in [1.54, 1.807) is 39.0 Å². The molecule has 2 atom stereocenters. The van der Waals surface area contributed by atoms with Crippen LogP contribution in [0.2, 0.25) is 0 Å². The number of rotatable bonds is 9. The summed E-state index contributed by atoms with van der Waals surface area (Å²) < 4.78 is 5.30. The monoisotopic (exact) mass is 546 g/mol. The molecule has 0 heterocycles. The van der Waals surface area contributed by atoms with Crippen LogP contribution in [0.4, 0.5) is 10.5 Å². The molecule has 10 nitrogen and oxygen atoms in total. The van der Waals surface area contributed by atoms with Gasteiger partial charge in [-0.25, -0.2) is 4.79 Å². The summed E-state index contributed by atoms with van der Waals surface area (Å²) in [5.74, 6) is -1.93. The number of alkyl carbamates (subject to hydrolysis) is 1. The van der Waals surface area contributed by atoms with Crippen LogP contribution < -0.4 is 16.4 Å². The Bertz CT molecular complexity index is 1410. The molecule has 3 aromatic carbocycles. The predicted octanol–water partition coefficient (Wildman–Crippen LogP) is 3.98. The molecule has 210 valence electrons. The van der Waals surface area contributed by atoms with Crippen molar-refractivity contribution in [2.24, 2.45) is 5.73 Å². The van der Waals surface area contributed by atoms with Gasteiger partial charge in [0.25, 0.3) is 5.91 Å². The van der Waals surface area contributed by atoms with Crippen LogP contribution in [0.15, 0.2) is 66.7 Å². The van der Waals surface area contributed by atoms with Gasteiger partial charge in [-0.15, -0.1) is 0 Å². The summed E-state index contributed by atoms with van der Waals surface area (Å²) in [6, 6.07) is 16.4. The lowest BCUT2D eigenvalue weighted by molar-refractivity contribution is -0.142. The Morgan fingerprint density at radius 2 is 1.65 bits per heavy atom. The predicted molar refractivity (Wildman–Crippen MR) is 150 cm³/mol. The fourth-order valence-corrected chi connectivity index (χ4v) is 4.47. The highest BCUT2D eigenvalue weighted by molar-refractivity contribution is 6.01. The van der Waals surface area contributed by atoms with Crippen molar-refractivity contribution < 1.29 is 29.0 Å². The van der Waals surface area contributed by atoms with E-state index in [1.807, 2.05) is 36.4 Å². The SMILES string of the molecule is CC(C)(C)OC(=O)NC(CC(N)=O)C(=O)N(C1CC1)C(C(=O)Nc1ccc2ccccc2c1)c1ccc(O)cc1. The average Bonchev–Trinajstić information content (AvgIpc) is 3.71. The highest BCUT2D eigenvalue weighted by Gasteiger charge is 2.44. The maximum absolute atomic E-state index is 14.0. The van der Waals surface area contributed by atoms with E-state index in [4.69, 9.17) is 10.5 Å². The van der Waals surface area contributed by atoms with Gasteiger partial charge in [0, 0.05) is 11.7 Å². The molecule has 2 unspecified atom stereocenters. The van der Waals surface area contributed by atoms with E-state index < -0.39 is 47.9 Å². The average molecular weight is 547 g/mol. The number of amides is 4. The fourth-order valence-electron chi connectivity index (χ4n) is 4.47. The van der Waals surface area contributed by atoms with Crippen LogP contribution in [0.5, 0.6) is 5.75 Å². The van der Waals surface area contributed by atoms with Gasteiger partial charge in [0.15, 0.2) is 0 Å². The Labute approximate surface area is 232 Å². The van der Waals surface area contributed by atoms with E-state index >= 15 is 0 Å². The Balaban J connectivity index is 1.68. The second kappa shape index (κ2) is 11.6. The molecule has 0 aromatic heterocycles. The van der Waals surface area contributed by atoms with Crippen molar-refractivity contribution in [3.05, 3.63) is 72.3 Å². The first-order valence-electron chi connectivity index (χ1n) is 13.1. The van der Waals surface area contributed by atoms with Crippen LogP contribution in [-0.4, -0.2) is 51.5 Å². The lowest BCUT2D eigenvalue weighted by Gasteiger charge is -2.34. The highest BCUT2D eigenvalue weighted by Crippen LogP contribution is 2.37. The number of fused-ring (bicyclic) bond motifs is 1. The second-order valence-electron chi connectivity index (χ2n) is 10.9. The van der Waals surface area contributed by atoms with Crippen molar-refractivity contribution in [1.29, 1.82) is 0 Å². The zero-order valence-corrected chi connectivity index (χ0v) is 22.7. The van der Waals surface area contributed by atoms with Gasteiger partial charge in [-0.05, 0) is 74.2 Å². The largest absolute Gasteiger partial charge is 0.508 e. The minimum atomic E-state index is -1.35. The summed E-state index contributed by atoms with van der Waals surface area (Å²) in [6.45, 7) is 5.02. The zero-order chi connectivity index (χ0) is 29.0. The third-order valence-electron chi connectivity index (χ3n) is 6.34. The lowest BCUT2D eigenvalue weighted by atomic mass is 10.0. The summed E-state index contributed by atoms with van der Waals surface area (Å²) in [6.07, 6.45) is -0.0845. The number of carbonyl (C=O) groups is 4. The van der Waals surface area contributed by atoms with Crippen molar-refractivity contribution >= 4 is 40.3 Å². The molecule has 4 amide bonds. The number of anilines is 1. The van der Waals surface area contributed by atoms with Crippen molar-refractivity contribution in [3.63, 3.8) is 0 Å². The number of nitrogens with one attached hydrogen (secondary N) is 2. The lowest BCUT2D eigenvalue weighted by Crippen LogP contribution is -2.54. The number of nitrogens with two attached hydrogens (primary N) is 1. The number of hydrogen-bond acceptors (Lipinski definition) is 6. The van der Waals surface area contributed by atoms with Crippen molar-refractivity contribution in [2.75, 3.05) is 5.32 Å². The number of phenolic OH excluding ortho intramolecular Hbond substituents is 1. The number of ether oxygens (including phenoxy) is 1. The third-order valence-corrected chi connectivity index (χ3v) is 6.34. The summed E-state index contributed by atoms with van der Waals surface area (Å²) in [7, 11) is 0. The second-order valence-corrected chi connectivity index (χ2v) is 10.9. The van der Waals surface area contributed by atoms with Crippen LogP contribution >= 0.6 is 0 Å². The van der Waals surface area contributed by atoms with E-state index in [0.29, 0.717) is 24.1 Å². The molecule has 10 heteroatoms. The number of aromatic hydroxyl groups is 1. The van der Waals surface area contributed by atoms with Gasteiger partial charge in [0.2, 0.25) is 11.8 Å². The minimum absolute atomic E-state index is 0.0000619. The van der Waals surface area contributed by atoms with Gasteiger partial charge >= 0.3 is 6.09 Å². The molecule has 0 radical (unpaired) electrons. The normalized spacial score (nSPS) is 14.6. The van der Waals surface area contributed by atoms with Crippen LogP contribution in [0.25, 0.3) is 10.8 Å². The fraction of sp³-hybridized carbons (Fsp3) is 0.333. The molecule has 0 saturated heterocycles. The first kappa shape index (κ1) is 28.4. The molecule has 4 rings (SSSR count). The van der Waals surface area contributed by atoms with Crippen molar-refractivity contribution in [1.82, 2.24) is 10.2 Å². The van der Waals surface area contributed by atoms with Gasteiger partial charge in [0.1, 0.15) is 23.4 Å². The molecule has 1 aliphatic rings. The van der Waals surface area contributed by atoms with E-state index in [9.17, 15) is 24.3 Å². The highest BCUT2D eigenvalue weighted by atomic mass is 16.6. The molecule has 5 N–H and O–H groups in total. The van der Waals surface area contributed by atoms with Gasteiger partial charge < -0.3 is 31.1 Å². The Morgan fingerprint density at radius 1 is 1.00 bits per heavy atom. The Hall–Kier alpha value is -4.60. The number of carbonyl (C=O) groups excluding carboxylic acids is 4. The van der Waals surface area contributed by atoms with Gasteiger partial charge in [0.05, 0.1) is 6.42 Å². The van der Waals surface area contributed by atoms with Gasteiger partial charge in [-0.2, -0.15) is 0 Å². The quantitative estimate of drug-likeness (QED) is 0.319. The number of primary amides is 1. The summed E-state index contributed by atoms with van der Waals surface area (Å²) in [5.41, 5.74) is 5.58. The van der Waals surface area contributed by atoms with Crippen LogP contribution in [-0.2, 0) is 19.1 Å². The van der Waals surface area contributed by atoms with E-state index in [2.05, 4.69) is 10.6 Å². The summed E-state index contributed by atoms with van der Waals surface area (Å²) in [5, 5.41) is 17.2. The molecule has 3 aromatic rings. The van der Waals surface area contributed by atoms with Crippen LogP contribution in [0, 0.1) is 0 Å². The van der Waals surface area contributed by atoms with Crippen molar-refractivity contribution in [2.45, 2.75) is 63.8 Å². The number of nitrogens with zero attached hydrogens (tertiary/aromatic N) is 1. The maximum atomic E-state index is 14.0. The van der Waals surface area contributed by atoms with Crippen LogP contribution in [0.1, 0.15) is 51.6 Å². The molecular weight excluding hydrogens is 512 g/mol. The van der Waals surface area contributed by atoms with E-state index in [-0.39, 0.29) is 11.8 Å². The first-order valence-corrected chi connectivity index (χ1v) is 13.1.